The van der Waals surface area contributed by atoms with Crippen LogP contribution in [0.4, 0.5) is 0 Å². The molecule has 6 nitrogen and oxygen atoms in total. The van der Waals surface area contributed by atoms with E-state index >= 15 is 0 Å². The molecular weight excluding hydrogens is 328 g/mol. The second kappa shape index (κ2) is 7.25. The van der Waals surface area contributed by atoms with Crippen molar-refractivity contribution in [3.8, 4) is 5.69 Å². The molecule has 1 aromatic heterocycles. The molecule has 0 fully saturated rings. The molecule has 0 aliphatic heterocycles. The number of aliphatic hydroxyl groups is 1. The Morgan fingerprint density at radius 2 is 1.71 bits per heavy atom. The summed E-state index contributed by atoms with van der Waals surface area (Å²) in [6, 6.07) is 13.9. The van der Waals surface area contributed by atoms with Gasteiger partial charge in [0, 0.05) is 22.8 Å². The van der Waals surface area contributed by atoms with E-state index in [9.17, 15) is 9.90 Å². The fraction of sp³-hybridized carbons (Fsp3) is 0.118. The summed E-state index contributed by atoms with van der Waals surface area (Å²) >= 11 is 5.81. The lowest BCUT2D eigenvalue weighted by Crippen LogP contribution is -2.28. The molecule has 3 aromatic rings. The van der Waals surface area contributed by atoms with Crippen molar-refractivity contribution in [2.24, 2.45) is 0 Å². The maximum absolute atomic E-state index is 12.2. The van der Waals surface area contributed by atoms with Crippen LogP contribution in [-0.2, 0) is 0 Å². The summed E-state index contributed by atoms with van der Waals surface area (Å²) in [4.78, 5) is 12.2. The molecule has 1 heterocycles. The maximum Gasteiger partial charge on any atom is 0.251 e. The molecular formula is C17H15ClN4O2. The number of nitrogens with one attached hydrogen (secondary N) is 1. The number of amides is 1. The van der Waals surface area contributed by atoms with Crippen LogP contribution >= 0.6 is 11.6 Å². The number of aromatic nitrogens is 3. The van der Waals surface area contributed by atoms with E-state index < -0.39 is 6.10 Å². The van der Waals surface area contributed by atoms with Crippen LogP contribution < -0.4 is 5.32 Å². The summed E-state index contributed by atoms with van der Waals surface area (Å²) in [5.41, 5.74) is 2.07. The van der Waals surface area contributed by atoms with Crippen LogP contribution in [0.25, 0.3) is 5.69 Å². The molecule has 0 radical (unpaired) electrons. The molecule has 1 unspecified atom stereocenters. The Bertz CT molecular complexity index is 802. The van der Waals surface area contributed by atoms with Gasteiger partial charge in [0.1, 0.15) is 12.7 Å². The van der Waals surface area contributed by atoms with Crippen LogP contribution in [0.1, 0.15) is 22.0 Å². The highest BCUT2D eigenvalue weighted by Crippen LogP contribution is 2.16. The van der Waals surface area contributed by atoms with Gasteiger partial charge in [-0.25, -0.2) is 0 Å². The molecule has 1 amide bonds. The lowest BCUT2D eigenvalue weighted by Gasteiger charge is -2.12. The van der Waals surface area contributed by atoms with Crippen molar-refractivity contribution in [3.63, 3.8) is 0 Å². The van der Waals surface area contributed by atoms with E-state index in [2.05, 4.69) is 15.5 Å². The molecule has 0 aliphatic rings. The summed E-state index contributed by atoms with van der Waals surface area (Å²) < 4.78 is 1.74. The van der Waals surface area contributed by atoms with E-state index in [-0.39, 0.29) is 12.5 Å². The summed E-state index contributed by atoms with van der Waals surface area (Å²) in [5, 5.41) is 20.9. The molecule has 1 atom stereocenters. The van der Waals surface area contributed by atoms with Crippen LogP contribution in [0.15, 0.2) is 61.2 Å². The van der Waals surface area contributed by atoms with Crippen LogP contribution in [0.5, 0.6) is 0 Å². The molecule has 0 saturated carbocycles. The molecule has 24 heavy (non-hydrogen) atoms. The van der Waals surface area contributed by atoms with E-state index in [1.54, 1.807) is 65.8 Å². The summed E-state index contributed by atoms with van der Waals surface area (Å²) in [6.45, 7) is 0.119. The monoisotopic (exact) mass is 342 g/mol. The van der Waals surface area contributed by atoms with E-state index in [1.165, 1.54) is 0 Å². The third-order valence-electron chi connectivity index (χ3n) is 3.56. The van der Waals surface area contributed by atoms with E-state index in [1.807, 2.05) is 0 Å². The van der Waals surface area contributed by atoms with Gasteiger partial charge >= 0.3 is 0 Å². The molecule has 2 aromatic carbocycles. The highest BCUT2D eigenvalue weighted by atomic mass is 35.5. The van der Waals surface area contributed by atoms with Gasteiger partial charge in [-0.3, -0.25) is 9.36 Å². The number of carbonyl (C=O) groups is 1. The third kappa shape index (κ3) is 3.79. The molecule has 0 spiro atoms. The SMILES string of the molecule is O=C(NCC(O)c1ccc(Cl)cc1)c1ccc(-n2cnnc2)cc1. The van der Waals surface area contributed by atoms with Crippen molar-refractivity contribution in [1.82, 2.24) is 20.1 Å². The Hall–Kier alpha value is -2.70. The van der Waals surface area contributed by atoms with Gasteiger partial charge in [0.25, 0.3) is 5.91 Å². The van der Waals surface area contributed by atoms with Crippen LogP contribution in [0.3, 0.4) is 0 Å². The summed E-state index contributed by atoms with van der Waals surface area (Å²) in [5.74, 6) is -0.252. The maximum atomic E-state index is 12.2. The van der Waals surface area contributed by atoms with Crippen molar-refractivity contribution in [1.29, 1.82) is 0 Å². The minimum absolute atomic E-state index is 0.119. The fourth-order valence-corrected chi connectivity index (χ4v) is 2.34. The number of benzene rings is 2. The van der Waals surface area contributed by atoms with Crippen molar-refractivity contribution in [2.45, 2.75) is 6.10 Å². The normalized spacial score (nSPS) is 11.9. The van der Waals surface area contributed by atoms with Crippen molar-refractivity contribution >= 4 is 17.5 Å². The predicted molar refractivity (Wildman–Crippen MR) is 90.1 cm³/mol. The lowest BCUT2D eigenvalue weighted by atomic mass is 10.1. The van der Waals surface area contributed by atoms with Crippen LogP contribution in [0.2, 0.25) is 5.02 Å². The highest BCUT2D eigenvalue weighted by Gasteiger charge is 2.11. The number of aliphatic hydroxyl groups excluding tert-OH is 1. The van der Waals surface area contributed by atoms with Crippen LogP contribution in [0, 0.1) is 0 Å². The Labute approximate surface area is 143 Å². The minimum Gasteiger partial charge on any atom is -0.387 e. The summed E-state index contributed by atoms with van der Waals surface area (Å²) in [6.07, 6.45) is 2.37. The van der Waals surface area contributed by atoms with Gasteiger partial charge in [0.15, 0.2) is 0 Å². The first-order valence-corrected chi connectivity index (χ1v) is 7.68. The number of rotatable bonds is 5. The van der Waals surface area contributed by atoms with Crippen molar-refractivity contribution in [2.75, 3.05) is 6.54 Å². The van der Waals surface area contributed by atoms with Gasteiger partial charge in [0.2, 0.25) is 0 Å². The highest BCUT2D eigenvalue weighted by molar-refractivity contribution is 6.30. The largest absolute Gasteiger partial charge is 0.387 e. The van der Waals surface area contributed by atoms with Gasteiger partial charge in [-0.05, 0) is 42.0 Å². The van der Waals surface area contributed by atoms with Gasteiger partial charge in [-0.2, -0.15) is 0 Å². The molecule has 2 N–H and O–H groups in total. The molecule has 0 aliphatic carbocycles. The zero-order valence-electron chi connectivity index (χ0n) is 12.6. The van der Waals surface area contributed by atoms with Crippen molar-refractivity contribution < 1.29 is 9.90 Å². The standard InChI is InChI=1S/C17H15ClN4O2/c18-14-5-1-12(2-6-14)16(23)9-19-17(24)13-3-7-15(8-4-13)22-10-20-21-11-22/h1-8,10-11,16,23H,9H2,(H,19,24). The second-order valence-electron chi connectivity index (χ2n) is 5.19. The zero-order chi connectivity index (χ0) is 16.9. The van der Waals surface area contributed by atoms with Gasteiger partial charge in [-0.15, -0.1) is 10.2 Å². The lowest BCUT2D eigenvalue weighted by molar-refractivity contribution is 0.0916. The Morgan fingerprint density at radius 1 is 1.08 bits per heavy atom. The van der Waals surface area contributed by atoms with Crippen LogP contribution in [-0.4, -0.2) is 32.3 Å². The molecule has 0 saturated heterocycles. The smallest absolute Gasteiger partial charge is 0.251 e. The first-order valence-electron chi connectivity index (χ1n) is 7.30. The predicted octanol–water partition coefficient (Wildman–Crippen LogP) is 2.38. The van der Waals surface area contributed by atoms with E-state index in [0.717, 1.165) is 5.69 Å². The molecule has 3 rings (SSSR count). The number of nitrogens with zero attached hydrogens (tertiary/aromatic N) is 3. The number of hydrogen-bond donors (Lipinski definition) is 2. The fourth-order valence-electron chi connectivity index (χ4n) is 2.21. The van der Waals surface area contributed by atoms with Gasteiger partial charge < -0.3 is 10.4 Å². The Morgan fingerprint density at radius 3 is 2.33 bits per heavy atom. The van der Waals surface area contributed by atoms with Gasteiger partial charge in [-0.1, -0.05) is 23.7 Å². The van der Waals surface area contributed by atoms with Crippen molar-refractivity contribution in [3.05, 3.63) is 77.3 Å². The number of halogens is 1. The minimum atomic E-state index is -0.789. The zero-order valence-corrected chi connectivity index (χ0v) is 13.4. The first-order chi connectivity index (χ1) is 11.6. The number of carbonyl (C=O) groups excluding carboxylic acids is 1. The quantitative estimate of drug-likeness (QED) is 0.746. The van der Waals surface area contributed by atoms with E-state index in [4.69, 9.17) is 11.6 Å². The summed E-state index contributed by atoms with van der Waals surface area (Å²) in [7, 11) is 0. The molecule has 0 bridgehead atoms. The average Bonchev–Trinajstić information content (AvgIpc) is 3.15. The topological polar surface area (TPSA) is 80.0 Å². The first kappa shape index (κ1) is 16.2. The Balaban J connectivity index is 1.59. The Kier molecular flexibility index (Phi) is 4.88. The average molecular weight is 343 g/mol. The molecule has 122 valence electrons. The van der Waals surface area contributed by atoms with E-state index in [0.29, 0.717) is 16.1 Å². The third-order valence-corrected chi connectivity index (χ3v) is 3.81. The molecule has 7 heteroatoms. The second-order valence-corrected chi connectivity index (χ2v) is 5.63. The van der Waals surface area contributed by atoms with Gasteiger partial charge in [0.05, 0.1) is 6.10 Å². The number of hydrogen-bond acceptors (Lipinski definition) is 4.